The van der Waals surface area contributed by atoms with Crippen LogP contribution in [0.5, 0.6) is 5.75 Å². The number of hydrogen-bond acceptors (Lipinski definition) is 4. The van der Waals surface area contributed by atoms with E-state index >= 15 is 0 Å². The van der Waals surface area contributed by atoms with Crippen molar-refractivity contribution >= 4 is 34.0 Å². The first kappa shape index (κ1) is 17.5. The third-order valence-corrected chi connectivity index (χ3v) is 4.80. The van der Waals surface area contributed by atoms with Gasteiger partial charge in [0.05, 0.1) is 13.5 Å². The number of methoxy groups -OCH3 is 1. The van der Waals surface area contributed by atoms with E-state index in [4.69, 9.17) is 16.3 Å². The fourth-order valence-electron chi connectivity index (χ4n) is 2.44. The second kappa shape index (κ2) is 8.14. The number of hydrogen-bond donors (Lipinski definition) is 1. The minimum atomic E-state index is -0.114. The Balaban J connectivity index is 1.61. The zero-order chi connectivity index (χ0) is 17.6. The topological polar surface area (TPSA) is 51.2 Å². The molecule has 25 heavy (non-hydrogen) atoms. The van der Waals surface area contributed by atoms with Crippen LogP contribution in [0.1, 0.15) is 16.0 Å². The van der Waals surface area contributed by atoms with Gasteiger partial charge in [-0.1, -0.05) is 41.9 Å². The van der Waals surface area contributed by atoms with Gasteiger partial charge < -0.3 is 10.1 Å². The lowest BCUT2D eigenvalue weighted by molar-refractivity contribution is -0.115. The predicted molar refractivity (Wildman–Crippen MR) is 102 cm³/mol. The maximum Gasteiger partial charge on any atom is 0.230 e. The molecule has 0 radical (unpaired) electrons. The highest BCUT2D eigenvalue weighted by Crippen LogP contribution is 2.23. The van der Waals surface area contributed by atoms with E-state index in [-0.39, 0.29) is 12.3 Å². The Morgan fingerprint density at radius 3 is 2.72 bits per heavy atom. The molecule has 6 heteroatoms. The monoisotopic (exact) mass is 372 g/mol. The van der Waals surface area contributed by atoms with Crippen LogP contribution in [0.25, 0.3) is 0 Å². The van der Waals surface area contributed by atoms with Crippen LogP contribution < -0.4 is 10.1 Å². The largest absolute Gasteiger partial charge is 0.496 e. The van der Waals surface area contributed by atoms with E-state index in [0.29, 0.717) is 10.9 Å². The number of nitrogens with one attached hydrogen (secondary N) is 1. The number of ether oxygens (including phenoxy) is 1. The Hall–Kier alpha value is -2.37. The molecule has 0 bridgehead atoms. The maximum atomic E-state index is 12.2. The van der Waals surface area contributed by atoms with Crippen LogP contribution in [0.15, 0.2) is 54.7 Å². The van der Waals surface area contributed by atoms with Gasteiger partial charge in [0.2, 0.25) is 5.91 Å². The van der Waals surface area contributed by atoms with Crippen molar-refractivity contribution in [1.82, 2.24) is 4.98 Å². The SMILES string of the molecule is COc1ccccc1CC(=O)Nc1ncc(Cc2ccc(Cl)cc2)s1. The number of para-hydroxylation sites is 1. The fourth-order valence-corrected chi connectivity index (χ4v) is 3.42. The Bertz CT molecular complexity index is 862. The summed E-state index contributed by atoms with van der Waals surface area (Å²) in [7, 11) is 1.60. The van der Waals surface area contributed by atoms with E-state index in [9.17, 15) is 4.79 Å². The van der Waals surface area contributed by atoms with E-state index in [1.807, 2.05) is 48.5 Å². The van der Waals surface area contributed by atoms with Crippen molar-refractivity contribution in [3.63, 3.8) is 0 Å². The summed E-state index contributed by atoms with van der Waals surface area (Å²) in [4.78, 5) is 17.6. The number of carbonyl (C=O) groups is 1. The first-order valence-electron chi connectivity index (χ1n) is 7.75. The molecule has 0 aliphatic rings. The molecule has 3 aromatic rings. The molecule has 128 valence electrons. The highest BCUT2D eigenvalue weighted by molar-refractivity contribution is 7.15. The molecule has 1 N–H and O–H groups in total. The second-order valence-electron chi connectivity index (χ2n) is 5.47. The first-order chi connectivity index (χ1) is 12.1. The van der Waals surface area contributed by atoms with Crippen molar-refractivity contribution < 1.29 is 9.53 Å². The Morgan fingerprint density at radius 2 is 1.96 bits per heavy atom. The Labute approximate surface area is 155 Å². The molecular formula is C19H17ClN2O2S. The first-order valence-corrected chi connectivity index (χ1v) is 8.94. The number of nitrogens with zero attached hydrogens (tertiary/aromatic N) is 1. The molecule has 1 aromatic heterocycles. The molecule has 0 aliphatic carbocycles. The number of carbonyl (C=O) groups excluding carboxylic acids is 1. The molecule has 0 spiro atoms. The van der Waals surface area contributed by atoms with Gasteiger partial charge in [0.1, 0.15) is 5.75 Å². The average Bonchev–Trinajstić information content (AvgIpc) is 3.04. The molecule has 0 unspecified atom stereocenters. The number of halogens is 1. The fraction of sp³-hybridized carbons (Fsp3) is 0.158. The zero-order valence-corrected chi connectivity index (χ0v) is 15.2. The van der Waals surface area contributed by atoms with Gasteiger partial charge in [0.15, 0.2) is 5.13 Å². The van der Waals surface area contributed by atoms with Crippen molar-refractivity contribution in [3.05, 3.63) is 75.8 Å². The van der Waals surface area contributed by atoms with E-state index < -0.39 is 0 Å². The number of rotatable bonds is 6. The molecule has 0 atom stereocenters. The highest BCUT2D eigenvalue weighted by Gasteiger charge is 2.11. The number of aromatic nitrogens is 1. The summed E-state index contributed by atoms with van der Waals surface area (Å²) in [6.07, 6.45) is 2.80. The molecule has 1 heterocycles. The summed E-state index contributed by atoms with van der Waals surface area (Å²) in [6, 6.07) is 15.2. The summed E-state index contributed by atoms with van der Waals surface area (Å²) in [5.74, 6) is 0.595. The van der Waals surface area contributed by atoms with Crippen LogP contribution in [0.4, 0.5) is 5.13 Å². The van der Waals surface area contributed by atoms with Crippen LogP contribution in [0.3, 0.4) is 0 Å². The molecule has 0 aliphatic heterocycles. The van der Waals surface area contributed by atoms with Crippen LogP contribution in [-0.2, 0) is 17.6 Å². The number of thiazole rings is 1. The average molecular weight is 373 g/mol. The van der Waals surface area contributed by atoms with Gasteiger partial charge in [0.25, 0.3) is 0 Å². The van der Waals surface area contributed by atoms with Crippen molar-refractivity contribution in [1.29, 1.82) is 0 Å². The second-order valence-corrected chi connectivity index (χ2v) is 7.02. The van der Waals surface area contributed by atoms with Gasteiger partial charge in [0, 0.05) is 28.1 Å². The van der Waals surface area contributed by atoms with Crippen LogP contribution in [0, 0.1) is 0 Å². The van der Waals surface area contributed by atoms with Gasteiger partial charge >= 0.3 is 0 Å². The number of anilines is 1. The molecular weight excluding hydrogens is 356 g/mol. The summed E-state index contributed by atoms with van der Waals surface area (Å²) in [5, 5.41) is 4.17. The predicted octanol–water partition coefficient (Wildman–Crippen LogP) is 4.58. The summed E-state index contributed by atoms with van der Waals surface area (Å²) >= 11 is 7.37. The van der Waals surface area contributed by atoms with Crippen molar-refractivity contribution in [2.75, 3.05) is 12.4 Å². The summed E-state index contributed by atoms with van der Waals surface area (Å²) < 4.78 is 5.27. The van der Waals surface area contributed by atoms with Crippen molar-refractivity contribution in [2.24, 2.45) is 0 Å². The van der Waals surface area contributed by atoms with E-state index in [1.165, 1.54) is 11.3 Å². The van der Waals surface area contributed by atoms with E-state index in [0.717, 1.165) is 27.4 Å². The quantitative estimate of drug-likeness (QED) is 0.689. The molecule has 4 nitrogen and oxygen atoms in total. The zero-order valence-electron chi connectivity index (χ0n) is 13.7. The van der Waals surface area contributed by atoms with Crippen molar-refractivity contribution in [3.8, 4) is 5.75 Å². The van der Waals surface area contributed by atoms with Gasteiger partial charge in [-0.3, -0.25) is 4.79 Å². The molecule has 0 saturated heterocycles. The van der Waals surface area contributed by atoms with Crippen LogP contribution in [-0.4, -0.2) is 18.0 Å². The minimum Gasteiger partial charge on any atom is -0.496 e. The molecule has 3 rings (SSSR count). The lowest BCUT2D eigenvalue weighted by atomic mass is 10.1. The standard InChI is InChI=1S/C19H17ClN2O2S/c1-24-17-5-3-2-4-14(17)11-18(23)22-19-21-12-16(25-19)10-13-6-8-15(20)9-7-13/h2-9,12H,10-11H2,1H3,(H,21,22,23). The van der Waals surface area contributed by atoms with Gasteiger partial charge in [-0.2, -0.15) is 0 Å². The minimum absolute atomic E-state index is 0.114. The lowest BCUT2D eigenvalue weighted by Crippen LogP contribution is -2.14. The number of benzene rings is 2. The Morgan fingerprint density at radius 1 is 1.20 bits per heavy atom. The third kappa shape index (κ3) is 4.81. The maximum absolute atomic E-state index is 12.2. The summed E-state index contributed by atoms with van der Waals surface area (Å²) in [5.41, 5.74) is 2.00. The van der Waals surface area contributed by atoms with E-state index in [1.54, 1.807) is 13.3 Å². The summed E-state index contributed by atoms with van der Waals surface area (Å²) in [6.45, 7) is 0. The van der Waals surface area contributed by atoms with Gasteiger partial charge in [-0.25, -0.2) is 4.98 Å². The number of amides is 1. The molecule has 2 aromatic carbocycles. The normalized spacial score (nSPS) is 10.5. The molecule has 0 saturated carbocycles. The molecule has 0 fully saturated rings. The van der Waals surface area contributed by atoms with Gasteiger partial charge in [-0.05, 0) is 23.8 Å². The van der Waals surface area contributed by atoms with E-state index in [2.05, 4.69) is 10.3 Å². The van der Waals surface area contributed by atoms with Crippen LogP contribution >= 0.6 is 22.9 Å². The smallest absolute Gasteiger partial charge is 0.230 e. The Kier molecular flexibility index (Phi) is 5.68. The lowest BCUT2D eigenvalue weighted by Gasteiger charge is -2.07. The highest BCUT2D eigenvalue weighted by atomic mass is 35.5. The molecule has 1 amide bonds. The third-order valence-electron chi connectivity index (χ3n) is 3.64. The van der Waals surface area contributed by atoms with Crippen LogP contribution in [0.2, 0.25) is 5.02 Å². The van der Waals surface area contributed by atoms with Gasteiger partial charge in [-0.15, -0.1) is 11.3 Å². The van der Waals surface area contributed by atoms with Crippen molar-refractivity contribution in [2.45, 2.75) is 12.8 Å².